The molecule has 0 saturated carbocycles. The molecule has 0 fully saturated rings. The summed E-state index contributed by atoms with van der Waals surface area (Å²) < 4.78 is 1.84. The van der Waals surface area contributed by atoms with Crippen molar-refractivity contribution in [3.63, 3.8) is 0 Å². The number of pyridine rings is 1. The van der Waals surface area contributed by atoms with Crippen LogP contribution in [0.4, 0.5) is 0 Å². The molecule has 0 spiro atoms. The highest BCUT2D eigenvalue weighted by atomic mass is 35.5. The minimum absolute atomic E-state index is 0.0899. The summed E-state index contributed by atoms with van der Waals surface area (Å²) in [5.41, 5.74) is 4.28. The average molecular weight is 355 g/mol. The lowest BCUT2D eigenvalue weighted by Crippen LogP contribution is -2.09. The number of carbonyl (C=O) groups excluding carboxylic acids is 1. The zero-order valence-corrected chi connectivity index (χ0v) is 15.1. The van der Waals surface area contributed by atoms with E-state index in [4.69, 9.17) is 11.6 Å². The number of benzene rings is 1. The molecule has 0 aliphatic rings. The van der Waals surface area contributed by atoms with E-state index in [1.165, 1.54) is 0 Å². The molecule has 3 aromatic rings. The molecule has 25 heavy (non-hydrogen) atoms. The summed E-state index contributed by atoms with van der Waals surface area (Å²) in [5, 5.41) is 11.4. The van der Waals surface area contributed by atoms with Crippen LogP contribution in [0.1, 0.15) is 44.5 Å². The van der Waals surface area contributed by atoms with Crippen LogP contribution in [0, 0.1) is 13.8 Å². The maximum atomic E-state index is 13.0. The predicted octanol–water partition coefficient (Wildman–Crippen LogP) is 4.00. The average Bonchev–Trinajstić information content (AvgIpc) is 2.84. The van der Waals surface area contributed by atoms with Gasteiger partial charge in [-0.1, -0.05) is 11.6 Å². The lowest BCUT2D eigenvalue weighted by molar-refractivity contribution is 0.103. The second-order valence-corrected chi connectivity index (χ2v) is 6.49. The fourth-order valence-corrected chi connectivity index (χ4v) is 3.30. The third-order valence-corrected chi connectivity index (χ3v) is 4.86. The maximum absolute atomic E-state index is 13.0. The number of aromatic nitrogens is 2. The molecule has 3 rings (SSSR count). The summed E-state index contributed by atoms with van der Waals surface area (Å²) in [4.78, 5) is 17.0. The molecule has 2 heterocycles. The molecule has 0 aliphatic heterocycles. The number of aliphatic hydroxyl groups is 1. The van der Waals surface area contributed by atoms with Crippen molar-refractivity contribution in [3.05, 3.63) is 87.5 Å². The number of halogens is 1. The monoisotopic (exact) mass is 354 g/mol. The number of hydrogen-bond donors (Lipinski definition) is 1. The summed E-state index contributed by atoms with van der Waals surface area (Å²) in [6.45, 7) is 3.78. The van der Waals surface area contributed by atoms with Crippen molar-refractivity contribution in [3.8, 4) is 0 Å². The number of carbonyl (C=O) groups is 1. The van der Waals surface area contributed by atoms with Gasteiger partial charge in [0, 0.05) is 41.3 Å². The van der Waals surface area contributed by atoms with E-state index in [9.17, 15) is 9.90 Å². The van der Waals surface area contributed by atoms with Crippen molar-refractivity contribution >= 4 is 17.4 Å². The van der Waals surface area contributed by atoms with E-state index in [0.717, 1.165) is 22.4 Å². The van der Waals surface area contributed by atoms with Crippen LogP contribution in [0.2, 0.25) is 5.02 Å². The summed E-state index contributed by atoms with van der Waals surface area (Å²) in [6, 6.07) is 10.4. The Balaban J connectivity index is 2.08. The van der Waals surface area contributed by atoms with Crippen molar-refractivity contribution in [1.29, 1.82) is 0 Å². The molecule has 0 bridgehead atoms. The Morgan fingerprint density at radius 2 is 1.72 bits per heavy atom. The Morgan fingerprint density at radius 3 is 2.32 bits per heavy atom. The second-order valence-electron chi connectivity index (χ2n) is 6.05. The number of aliphatic hydroxyl groups excluding tert-OH is 1. The molecule has 1 unspecified atom stereocenters. The third-order valence-electron chi connectivity index (χ3n) is 4.60. The number of rotatable bonds is 4. The zero-order valence-electron chi connectivity index (χ0n) is 14.3. The quantitative estimate of drug-likeness (QED) is 0.720. The Morgan fingerprint density at radius 1 is 1.12 bits per heavy atom. The number of nitrogens with zero attached hydrogens (tertiary/aromatic N) is 2. The smallest absolute Gasteiger partial charge is 0.209 e. The Hall–Kier alpha value is -2.43. The largest absolute Gasteiger partial charge is 0.384 e. The van der Waals surface area contributed by atoms with E-state index >= 15 is 0 Å². The van der Waals surface area contributed by atoms with Crippen molar-refractivity contribution in [2.75, 3.05) is 0 Å². The van der Waals surface area contributed by atoms with Crippen LogP contribution in [-0.2, 0) is 7.05 Å². The van der Waals surface area contributed by atoms with Crippen LogP contribution in [0.3, 0.4) is 0 Å². The van der Waals surface area contributed by atoms with Crippen molar-refractivity contribution in [2.24, 2.45) is 7.05 Å². The first-order valence-electron chi connectivity index (χ1n) is 7.95. The first-order valence-corrected chi connectivity index (χ1v) is 8.33. The lowest BCUT2D eigenvalue weighted by Gasteiger charge is -2.12. The van der Waals surface area contributed by atoms with E-state index in [1.807, 2.05) is 25.5 Å². The molecule has 0 saturated heterocycles. The third kappa shape index (κ3) is 3.11. The second kappa shape index (κ2) is 6.82. The molecule has 5 heteroatoms. The minimum atomic E-state index is -0.805. The Bertz CT molecular complexity index is 915. The van der Waals surface area contributed by atoms with Gasteiger partial charge < -0.3 is 9.67 Å². The van der Waals surface area contributed by atoms with E-state index < -0.39 is 6.10 Å². The van der Waals surface area contributed by atoms with Gasteiger partial charge in [-0.15, -0.1) is 0 Å². The van der Waals surface area contributed by atoms with Crippen molar-refractivity contribution in [2.45, 2.75) is 20.0 Å². The van der Waals surface area contributed by atoms with Gasteiger partial charge in [0.15, 0.2) is 0 Å². The molecular weight excluding hydrogens is 336 g/mol. The van der Waals surface area contributed by atoms with E-state index in [2.05, 4.69) is 4.98 Å². The van der Waals surface area contributed by atoms with Gasteiger partial charge in [-0.2, -0.15) is 0 Å². The maximum Gasteiger partial charge on any atom is 0.209 e. The summed E-state index contributed by atoms with van der Waals surface area (Å²) in [7, 11) is 1.84. The highest BCUT2D eigenvalue weighted by molar-refractivity contribution is 6.30. The number of ketones is 1. The summed E-state index contributed by atoms with van der Waals surface area (Å²) >= 11 is 5.91. The van der Waals surface area contributed by atoms with Gasteiger partial charge in [-0.25, -0.2) is 0 Å². The molecule has 4 nitrogen and oxygen atoms in total. The van der Waals surface area contributed by atoms with Gasteiger partial charge in [0.05, 0.1) is 5.69 Å². The zero-order chi connectivity index (χ0) is 18.1. The standard InChI is InChI=1S/C20H19ClN2O2/c1-12-17(19(24)15-8-10-22-11-9-15)13(2)23(3)18(12)20(25)14-4-6-16(21)7-5-14/h4-11,19,24H,1-3H3. The van der Waals surface area contributed by atoms with Gasteiger partial charge in [-0.3, -0.25) is 9.78 Å². The predicted molar refractivity (Wildman–Crippen MR) is 98.1 cm³/mol. The highest BCUT2D eigenvalue weighted by Gasteiger charge is 2.26. The van der Waals surface area contributed by atoms with E-state index in [0.29, 0.717) is 16.3 Å². The molecule has 0 amide bonds. The lowest BCUT2D eigenvalue weighted by atomic mass is 9.97. The molecule has 128 valence electrons. The summed E-state index contributed by atoms with van der Waals surface area (Å²) in [5.74, 6) is -0.0899. The van der Waals surface area contributed by atoms with Crippen LogP contribution in [-0.4, -0.2) is 20.4 Å². The van der Waals surface area contributed by atoms with Crippen molar-refractivity contribution in [1.82, 2.24) is 9.55 Å². The molecule has 0 radical (unpaired) electrons. The fourth-order valence-electron chi connectivity index (χ4n) is 3.17. The van der Waals surface area contributed by atoms with Crippen LogP contribution in [0.15, 0.2) is 48.8 Å². The van der Waals surface area contributed by atoms with Crippen LogP contribution in [0.5, 0.6) is 0 Å². The van der Waals surface area contributed by atoms with Crippen LogP contribution >= 0.6 is 11.6 Å². The van der Waals surface area contributed by atoms with Gasteiger partial charge in [0.1, 0.15) is 6.10 Å². The Labute approximate surface area is 151 Å². The molecule has 2 aromatic heterocycles. The van der Waals surface area contributed by atoms with Gasteiger partial charge in [-0.05, 0) is 61.4 Å². The molecule has 0 aliphatic carbocycles. The van der Waals surface area contributed by atoms with Gasteiger partial charge in [0.2, 0.25) is 5.78 Å². The first kappa shape index (κ1) is 17.4. The van der Waals surface area contributed by atoms with E-state index in [-0.39, 0.29) is 5.78 Å². The fraction of sp³-hybridized carbons (Fsp3) is 0.200. The van der Waals surface area contributed by atoms with Crippen LogP contribution < -0.4 is 0 Å². The molecule has 1 aromatic carbocycles. The van der Waals surface area contributed by atoms with Crippen molar-refractivity contribution < 1.29 is 9.90 Å². The highest BCUT2D eigenvalue weighted by Crippen LogP contribution is 2.32. The van der Waals surface area contributed by atoms with Crippen LogP contribution in [0.25, 0.3) is 0 Å². The Kier molecular flexibility index (Phi) is 4.75. The van der Waals surface area contributed by atoms with E-state index in [1.54, 1.807) is 48.8 Å². The van der Waals surface area contributed by atoms with Gasteiger partial charge in [0.25, 0.3) is 0 Å². The topological polar surface area (TPSA) is 55.1 Å². The first-order chi connectivity index (χ1) is 11.9. The molecular formula is C20H19ClN2O2. The van der Waals surface area contributed by atoms with Gasteiger partial charge >= 0.3 is 0 Å². The minimum Gasteiger partial charge on any atom is -0.384 e. The normalized spacial score (nSPS) is 12.2. The number of hydrogen-bond acceptors (Lipinski definition) is 3. The summed E-state index contributed by atoms with van der Waals surface area (Å²) in [6.07, 6.45) is 2.48. The SMILES string of the molecule is Cc1c(C(O)c2ccncc2)c(C)n(C)c1C(=O)c1ccc(Cl)cc1. The molecule has 1 N–H and O–H groups in total. The molecule has 1 atom stereocenters.